The molecule has 0 fully saturated rings. The number of allylic oxidation sites excluding steroid dienone is 2. The second kappa shape index (κ2) is 1.87. The van der Waals surface area contributed by atoms with Gasteiger partial charge in [0.1, 0.15) is 5.70 Å². The van der Waals surface area contributed by atoms with Crippen LogP contribution in [-0.2, 0) is 0 Å². The Balaban J connectivity index is 2.46. The third-order valence-corrected chi connectivity index (χ3v) is 1.21. The highest BCUT2D eigenvalue weighted by Crippen LogP contribution is 2.04. The van der Waals surface area contributed by atoms with Gasteiger partial charge in [-0.1, -0.05) is 11.8 Å². The molecule has 1 radical (unpaired) electrons. The van der Waals surface area contributed by atoms with Crippen molar-refractivity contribution in [2.24, 2.45) is 0 Å². The van der Waals surface area contributed by atoms with Crippen molar-refractivity contribution in [3.8, 4) is 35.6 Å². The zero-order valence-corrected chi connectivity index (χ0v) is 5.15. The summed E-state index contributed by atoms with van der Waals surface area (Å²) in [7, 11) is 0. The van der Waals surface area contributed by atoms with E-state index in [1.807, 2.05) is 0 Å². The number of rotatable bonds is 0. The lowest BCUT2D eigenvalue weighted by atomic mass is 10.2. The molecule has 0 saturated heterocycles. The summed E-state index contributed by atoms with van der Waals surface area (Å²) in [5, 5.41) is 0. The summed E-state index contributed by atoms with van der Waals surface area (Å²) in [6.45, 7) is 0.657. The zero-order valence-electron chi connectivity index (χ0n) is 5.15. The largest absolute Gasteiger partial charge is 0.280 e. The van der Waals surface area contributed by atoms with Crippen molar-refractivity contribution in [2.75, 3.05) is 6.54 Å². The van der Waals surface area contributed by atoms with Crippen LogP contribution in [0.4, 0.5) is 0 Å². The van der Waals surface area contributed by atoms with E-state index in [1.165, 1.54) is 0 Å². The first-order valence-corrected chi connectivity index (χ1v) is 2.87. The lowest BCUT2D eigenvalue weighted by Gasteiger charge is -2.15. The number of hydrogen-bond acceptors (Lipinski definition) is 1. The molecular weight excluding hydrogens is 122 g/mol. The summed E-state index contributed by atoms with van der Waals surface area (Å²) >= 11 is 0. The smallest absolute Gasteiger partial charge is 0.119 e. The minimum absolute atomic E-state index is 0.657. The van der Waals surface area contributed by atoms with Crippen LogP contribution in [0.1, 0.15) is 0 Å². The fourth-order valence-corrected chi connectivity index (χ4v) is 0.749. The monoisotopic (exact) mass is 124 g/mol. The van der Waals surface area contributed by atoms with Crippen molar-refractivity contribution in [1.82, 2.24) is 4.90 Å². The van der Waals surface area contributed by atoms with Gasteiger partial charge in [-0.3, -0.25) is 4.90 Å². The van der Waals surface area contributed by atoms with E-state index < -0.39 is 0 Å². The van der Waals surface area contributed by atoms with Crippen molar-refractivity contribution < 1.29 is 0 Å². The minimum atomic E-state index is 0.657. The van der Waals surface area contributed by atoms with Gasteiger partial charge in [0.25, 0.3) is 0 Å². The van der Waals surface area contributed by atoms with E-state index in [0.717, 1.165) is 5.70 Å². The topological polar surface area (TPSA) is 3.24 Å². The third-order valence-electron chi connectivity index (χ3n) is 1.21. The van der Waals surface area contributed by atoms with Gasteiger partial charge in [-0.15, -0.1) is 0 Å². The van der Waals surface area contributed by atoms with Crippen LogP contribution in [0.25, 0.3) is 0 Å². The van der Waals surface area contributed by atoms with Gasteiger partial charge in [-0.2, -0.15) is 0 Å². The van der Waals surface area contributed by atoms with Crippen molar-refractivity contribution in [1.29, 1.82) is 0 Å². The van der Waals surface area contributed by atoms with E-state index in [4.69, 9.17) is 0 Å². The molecule has 2 aliphatic heterocycles. The van der Waals surface area contributed by atoms with Crippen LogP contribution in [0, 0.1) is 41.7 Å². The minimum Gasteiger partial charge on any atom is -0.280 e. The maximum atomic E-state index is 2.86. The molecular formula is C9H2N. The van der Waals surface area contributed by atoms with Crippen LogP contribution in [0.5, 0.6) is 0 Å². The first-order chi connectivity index (χ1) is 4.97. The fraction of sp³-hybridized carbons (Fsp3) is 0.111. The van der Waals surface area contributed by atoms with Gasteiger partial charge in [0.15, 0.2) is 0 Å². The predicted molar refractivity (Wildman–Crippen MR) is 36.8 cm³/mol. The molecule has 1 heteroatoms. The molecule has 0 spiro atoms. The first-order valence-electron chi connectivity index (χ1n) is 2.87. The Bertz CT molecular complexity index is 368. The van der Waals surface area contributed by atoms with E-state index in [-0.39, 0.29) is 0 Å². The maximum absolute atomic E-state index is 2.86. The van der Waals surface area contributed by atoms with Crippen LogP contribution >= 0.6 is 0 Å². The molecule has 2 aliphatic rings. The Kier molecular flexibility index (Phi) is 0.943. The van der Waals surface area contributed by atoms with E-state index in [1.54, 1.807) is 4.90 Å². The van der Waals surface area contributed by atoms with Crippen LogP contribution in [0.15, 0.2) is 5.70 Å². The lowest BCUT2D eigenvalue weighted by Crippen LogP contribution is -2.20. The van der Waals surface area contributed by atoms with Gasteiger partial charge in [-0.05, 0) is 11.8 Å². The molecule has 0 aromatic carbocycles. The molecule has 2 heterocycles. The summed E-state index contributed by atoms with van der Waals surface area (Å²) in [5.74, 6) is 13.8. The summed E-state index contributed by atoms with van der Waals surface area (Å²) < 4.78 is 0. The highest BCUT2D eigenvalue weighted by atomic mass is 15.1. The van der Waals surface area contributed by atoms with Crippen LogP contribution in [0.2, 0.25) is 0 Å². The molecule has 0 N–H and O–H groups in total. The van der Waals surface area contributed by atoms with Crippen LogP contribution in [0.3, 0.4) is 0 Å². The second-order valence-corrected chi connectivity index (χ2v) is 1.85. The summed E-state index contributed by atoms with van der Waals surface area (Å²) in [5.41, 5.74) is 0.803. The average molecular weight is 124 g/mol. The Labute approximate surface area is 59.7 Å². The van der Waals surface area contributed by atoms with Gasteiger partial charge >= 0.3 is 0 Å². The van der Waals surface area contributed by atoms with Crippen molar-refractivity contribution in [3.05, 3.63) is 11.8 Å². The molecule has 0 amide bonds. The molecule has 0 saturated carbocycles. The average Bonchev–Trinajstić information content (AvgIpc) is 2.05. The fourth-order valence-electron chi connectivity index (χ4n) is 0.749. The SMILES string of the molecule is [C]1=C2C#CC#CN2CC#C1. The van der Waals surface area contributed by atoms with Gasteiger partial charge in [0.2, 0.25) is 0 Å². The molecule has 2 rings (SSSR count). The van der Waals surface area contributed by atoms with Gasteiger partial charge in [0.05, 0.1) is 12.6 Å². The first kappa shape index (κ1) is 5.04. The van der Waals surface area contributed by atoms with Crippen molar-refractivity contribution >= 4 is 0 Å². The highest BCUT2D eigenvalue weighted by molar-refractivity contribution is 5.45. The number of hydrogen-bond donors (Lipinski definition) is 0. The molecule has 0 bridgehead atoms. The normalized spacial score (nSPS) is 16.0. The molecule has 0 atom stereocenters. The molecule has 0 aliphatic carbocycles. The molecule has 0 aromatic heterocycles. The van der Waals surface area contributed by atoms with Crippen molar-refractivity contribution in [2.45, 2.75) is 0 Å². The Morgan fingerprint density at radius 3 is 3.10 bits per heavy atom. The molecule has 0 aromatic rings. The van der Waals surface area contributed by atoms with Crippen molar-refractivity contribution in [3.63, 3.8) is 0 Å². The summed E-state index contributed by atoms with van der Waals surface area (Å²) in [6, 6.07) is 2.83. The predicted octanol–water partition coefficient (Wildman–Crippen LogP) is -0.0296. The van der Waals surface area contributed by atoms with Crippen LogP contribution in [-0.4, -0.2) is 11.4 Å². The third kappa shape index (κ3) is 0.644. The lowest BCUT2D eigenvalue weighted by molar-refractivity contribution is 0.571. The second-order valence-electron chi connectivity index (χ2n) is 1.85. The van der Waals surface area contributed by atoms with E-state index in [9.17, 15) is 0 Å². The van der Waals surface area contributed by atoms with Crippen LogP contribution < -0.4 is 0 Å². The van der Waals surface area contributed by atoms with E-state index in [2.05, 4.69) is 41.7 Å². The summed E-state index contributed by atoms with van der Waals surface area (Å²) in [6.07, 6.45) is 2.83. The van der Waals surface area contributed by atoms with Gasteiger partial charge in [-0.25, -0.2) is 0 Å². The molecule has 1 nitrogen and oxygen atoms in total. The Morgan fingerprint density at radius 1 is 1.20 bits per heavy atom. The zero-order chi connectivity index (χ0) is 6.81. The van der Waals surface area contributed by atoms with Gasteiger partial charge in [0, 0.05) is 12.0 Å². The molecule has 43 valence electrons. The quantitative estimate of drug-likeness (QED) is 0.410. The molecule has 10 heavy (non-hydrogen) atoms. The standard InChI is InChI=1S/C9H2N/c1-3-7-10-8-4-2-6-9(10)5-1/h7H2. The maximum Gasteiger partial charge on any atom is 0.119 e. The van der Waals surface area contributed by atoms with E-state index in [0.29, 0.717) is 6.54 Å². The Morgan fingerprint density at radius 2 is 2.20 bits per heavy atom. The summed E-state index contributed by atoms with van der Waals surface area (Å²) in [4.78, 5) is 1.80. The molecule has 0 unspecified atom stereocenters. The number of fused-ring (bicyclic) bond motifs is 1. The van der Waals surface area contributed by atoms with Gasteiger partial charge < -0.3 is 0 Å². The number of nitrogens with zero attached hydrogens (tertiary/aromatic N) is 1. The van der Waals surface area contributed by atoms with E-state index >= 15 is 0 Å². The Hall–Kier alpha value is -1.78. The highest BCUT2D eigenvalue weighted by Gasteiger charge is 2.06.